The Morgan fingerprint density at radius 2 is 1.97 bits per heavy atom. The number of para-hydroxylation sites is 1. The minimum Gasteiger partial charge on any atom is -0.454 e. The van der Waals surface area contributed by atoms with E-state index in [-0.39, 0.29) is 18.4 Å². The molecule has 0 saturated carbocycles. The average molecular weight is 398 g/mol. The normalized spacial score (nSPS) is 16.8. The lowest BCUT2D eigenvalue weighted by atomic mass is 10.0. The third-order valence-corrected chi connectivity index (χ3v) is 5.71. The first kappa shape index (κ1) is 17.0. The number of nitrogens with zero attached hydrogens (tertiary/aromatic N) is 3. The summed E-state index contributed by atoms with van der Waals surface area (Å²) in [7, 11) is 0. The van der Waals surface area contributed by atoms with Gasteiger partial charge in [-0.2, -0.15) is 4.98 Å². The molecule has 0 aliphatic carbocycles. The van der Waals surface area contributed by atoms with Crippen molar-refractivity contribution in [1.29, 1.82) is 0 Å². The number of H-pyrrole nitrogens is 1. The van der Waals surface area contributed by atoms with Crippen molar-refractivity contribution >= 4 is 22.7 Å². The first-order valence-electron chi connectivity index (χ1n) is 9.85. The van der Waals surface area contributed by atoms with Crippen LogP contribution in [-0.4, -0.2) is 27.8 Å². The van der Waals surface area contributed by atoms with Crippen molar-refractivity contribution in [2.75, 3.05) is 11.7 Å². The van der Waals surface area contributed by atoms with Crippen LogP contribution < -0.4 is 19.9 Å². The number of hydrogen-bond acceptors (Lipinski definition) is 6. The summed E-state index contributed by atoms with van der Waals surface area (Å²) < 4.78 is 10.9. The SMILES string of the molecule is CC1Cc2ccccc2N1c1nc2nccc(-c3ccc4c(c3)OCO4)c2c(=O)[nH]1. The lowest BCUT2D eigenvalue weighted by Gasteiger charge is -2.23. The van der Waals surface area contributed by atoms with E-state index in [1.807, 2.05) is 36.4 Å². The van der Waals surface area contributed by atoms with E-state index in [1.165, 1.54) is 5.56 Å². The van der Waals surface area contributed by atoms with Crippen molar-refractivity contribution in [2.24, 2.45) is 0 Å². The molecule has 6 rings (SSSR count). The zero-order valence-electron chi connectivity index (χ0n) is 16.3. The van der Waals surface area contributed by atoms with E-state index in [2.05, 4.69) is 33.9 Å². The molecular weight excluding hydrogens is 380 g/mol. The standard InChI is InChI=1S/C23H18N4O3/c1-13-10-15-4-2-3-5-17(15)27(13)23-25-21-20(22(28)26-23)16(8-9-24-21)14-6-7-18-19(11-14)30-12-29-18/h2-9,11,13H,10,12H2,1H3,(H,24,25,26,28). The highest BCUT2D eigenvalue weighted by Crippen LogP contribution is 2.38. The van der Waals surface area contributed by atoms with Crippen LogP contribution in [-0.2, 0) is 6.42 Å². The number of nitrogens with one attached hydrogen (secondary N) is 1. The maximum absolute atomic E-state index is 13.2. The molecule has 4 heterocycles. The van der Waals surface area contributed by atoms with Gasteiger partial charge in [0, 0.05) is 17.9 Å². The minimum absolute atomic E-state index is 0.194. The summed E-state index contributed by atoms with van der Waals surface area (Å²) in [4.78, 5) is 27.4. The zero-order valence-corrected chi connectivity index (χ0v) is 16.3. The Morgan fingerprint density at radius 1 is 1.10 bits per heavy atom. The maximum atomic E-state index is 13.2. The number of ether oxygens (including phenoxy) is 2. The predicted molar refractivity (Wildman–Crippen MR) is 113 cm³/mol. The van der Waals surface area contributed by atoms with Gasteiger partial charge in [0.2, 0.25) is 12.7 Å². The van der Waals surface area contributed by atoms with Gasteiger partial charge in [0.05, 0.1) is 5.39 Å². The summed E-state index contributed by atoms with van der Waals surface area (Å²) in [6.45, 7) is 2.33. The lowest BCUT2D eigenvalue weighted by molar-refractivity contribution is 0.174. The van der Waals surface area contributed by atoms with Crippen LogP contribution in [0.4, 0.5) is 11.6 Å². The van der Waals surface area contributed by atoms with Gasteiger partial charge >= 0.3 is 0 Å². The van der Waals surface area contributed by atoms with Crippen molar-refractivity contribution < 1.29 is 9.47 Å². The van der Waals surface area contributed by atoms with E-state index in [1.54, 1.807) is 6.20 Å². The topological polar surface area (TPSA) is 80.3 Å². The van der Waals surface area contributed by atoms with Gasteiger partial charge in [0.25, 0.3) is 5.56 Å². The van der Waals surface area contributed by atoms with Crippen molar-refractivity contribution in [3.63, 3.8) is 0 Å². The molecule has 7 heteroatoms. The van der Waals surface area contributed by atoms with Crippen LogP contribution in [0.5, 0.6) is 11.5 Å². The first-order valence-corrected chi connectivity index (χ1v) is 9.85. The van der Waals surface area contributed by atoms with Gasteiger partial charge in [-0.25, -0.2) is 4.98 Å². The van der Waals surface area contributed by atoms with E-state index in [0.717, 1.165) is 23.2 Å². The fourth-order valence-corrected chi connectivity index (χ4v) is 4.36. The monoisotopic (exact) mass is 398 g/mol. The fraction of sp³-hybridized carbons (Fsp3) is 0.174. The predicted octanol–water partition coefficient (Wildman–Crippen LogP) is 3.80. The second-order valence-corrected chi connectivity index (χ2v) is 7.57. The zero-order chi connectivity index (χ0) is 20.2. The molecule has 1 N–H and O–H groups in total. The molecule has 2 aromatic carbocycles. The summed E-state index contributed by atoms with van der Waals surface area (Å²) in [5.41, 5.74) is 4.13. The number of rotatable bonds is 2. The Hall–Kier alpha value is -3.87. The molecule has 1 atom stereocenters. The Kier molecular flexibility index (Phi) is 3.59. The van der Waals surface area contributed by atoms with Crippen LogP contribution in [0.15, 0.2) is 59.5 Å². The van der Waals surface area contributed by atoms with E-state index >= 15 is 0 Å². The molecule has 0 saturated heterocycles. The van der Waals surface area contributed by atoms with Gasteiger partial charge < -0.3 is 14.4 Å². The number of hydrogen-bond donors (Lipinski definition) is 1. The number of aromatic nitrogens is 3. The number of pyridine rings is 1. The van der Waals surface area contributed by atoms with Gasteiger partial charge in [-0.15, -0.1) is 0 Å². The number of aromatic amines is 1. The Morgan fingerprint density at radius 3 is 2.90 bits per heavy atom. The molecule has 2 aromatic heterocycles. The molecule has 2 aliphatic rings. The first-order chi connectivity index (χ1) is 14.7. The van der Waals surface area contributed by atoms with Crippen LogP contribution >= 0.6 is 0 Å². The highest BCUT2D eigenvalue weighted by molar-refractivity contribution is 5.93. The Balaban J connectivity index is 1.51. The molecule has 4 aromatic rings. The molecule has 30 heavy (non-hydrogen) atoms. The molecule has 7 nitrogen and oxygen atoms in total. The molecular formula is C23H18N4O3. The van der Waals surface area contributed by atoms with Gasteiger partial charge in [0.1, 0.15) is 0 Å². The third kappa shape index (κ3) is 2.48. The highest BCUT2D eigenvalue weighted by atomic mass is 16.7. The van der Waals surface area contributed by atoms with Gasteiger partial charge in [0.15, 0.2) is 17.1 Å². The largest absolute Gasteiger partial charge is 0.454 e. The summed E-state index contributed by atoms with van der Waals surface area (Å²) in [5.74, 6) is 1.88. The molecule has 0 radical (unpaired) electrons. The smallest absolute Gasteiger partial charge is 0.262 e. The number of benzene rings is 2. The van der Waals surface area contributed by atoms with E-state index in [4.69, 9.17) is 14.5 Å². The maximum Gasteiger partial charge on any atom is 0.262 e. The van der Waals surface area contributed by atoms with Crippen LogP contribution in [0, 0.1) is 0 Å². The number of fused-ring (bicyclic) bond motifs is 3. The Bertz CT molecular complexity index is 1360. The summed E-state index contributed by atoms with van der Waals surface area (Å²) in [5, 5.41) is 0.459. The summed E-state index contributed by atoms with van der Waals surface area (Å²) >= 11 is 0. The van der Waals surface area contributed by atoms with Crippen molar-refractivity contribution in [2.45, 2.75) is 19.4 Å². The van der Waals surface area contributed by atoms with Gasteiger partial charge in [-0.05, 0) is 54.3 Å². The average Bonchev–Trinajstić information content (AvgIpc) is 3.35. The van der Waals surface area contributed by atoms with E-state index < -0.39 is 0 Å². The van der Waals surface area contributed by atoms with Crippen LogP contribution in [0.2, 0.25) is 0 Å². The quantitative estimate of drug-likeness (QED) is 0.553. The van der Waals surface area contributed by atoms with Crippen LogP contribution in [0.25, 0.3) is 22.2 Å². The van der Waals surface area contributed by atoms with Gasteiger partial charge in [-0.1, -0.05) is 24.3 Å². The number of anilines is 2. The van der Waals surface area contributed by atoms with Crippen LogP contribution in [0.1, 0.15) is 12.5 Å². The van der Waals surface area contributed by atoms with Crippen molar-refractivity contribution in [3.8, 4) is 22.6 Å². The summed E-state index contributed by atoms with van der Waals surface area (Å²) in [6.07, 6.45) is 2.59. The van der Waals surface area contributed by atoms with Crippen molar-refractivity contribution in [1.82, 2.24) is 15.0 Å². The lowest BCUT2D eigenvalue weighted by Crippen LogP contribution is -2.28. The molecule has 0 bridgehead atoms. The highest BCUT2D eigenvalue weighted by Gasteiger charge is 2.29. The molecule has 0 fully saturated rings. The molecule has 1 unspecified atom stereocenters. The third-order valence-electron chi connectivity index (χ3n) is 5.71. The molecule has 0 amide bonds. The van der Waals surface area contributed by atoms with E-state index in [0.29, 0.717) is 28.5 Å². The second kappa shape index (κ2) is 6.32. The fourth-order valence-electron chi connectivity index (χ4n) is 4.36. The van der Waals surface area contributed by atoms with E-state index in [9.17, 15) is 4.79 Å². The summed E-state index contributed by atoms with van der Waals surface area (Å²) in [6, 6.07) is 15.9. The van der Waals surface area contributed by atoms with Crippen molar-refractivity contribution in [3.05, 3.63) is 70.6 Å². The van der Waals surface area contributed by atoms with Gasteiger partial charge in [-0.3, -0.25) is 9.78 Å². The molecule has 2 aliphatic heterocycles. The second-order valence-electron chi connectivity index (χ2n) is 7.57. The van der Waals surface area contributed by atoms with Crippen LogP contribution in [0.3, 0.4) is 0 Å². The Labute approximate surface area is 171 Å². The molecule has 148 valence electrons. The minimum atomic E-state index is -0.215. The molecule has 0 spiro atoms.